The minimum Gasteiger partial charge on any atom is -0.247 e. The summed E-state index contributed by atoms with van der Waals surface area (Å²) in [7, 11) is 0. The van der Waals surface area contributed by atoms with Crippen LogP contribution in [0.25, 0.3) is 33.3 Å². The lowest BCUT2D eigenvalue weighted by Gasteiger charge is -2.52. The van der Waals surface area contributed by atoms with Gasteiger partial charge in [-0.3, -0.25) is 0 Å². The molecule has 8 rings (SSSR count). The normalized spacial score (nSPS) is 31.5. The summed E-state index contributed by atoms with van der Waals surface area (Å²) in [4.78, 5) is 5.39. The number of para-hydroxylation sites is 1. The molecule has 1 nitrogen and oxygen atoms in total. The van der Waals surface area contributed by atoms with Crippen LogP contribution in [0.15, 0.2) is 78.9 Å². The molecule has 0 N–H and O–H groups in total. The average Bonchev–Trinajstić information content (AvgIpc) is 3.46. The zero-order chi connectivity index (χ0) is 20.3. The number of hydrogen-bond acceptors (Lipinski definition) is 1. The minimum absolute atomic E-state index is 0.247. The number of aromatic nitrogens is 1. The zero-order valence-electron chi connectivity index (χ0n) is 17.7. The molecular weight excluding hydrogens is 374 g/mol. The molecule has 1 aromatic heterocycles. The summed E-state index contributed by atoms with van der Waals surface area (Å²) in [5.74, 6) is 0. The topological polar surface area (TPSA) is 12.9 Å². The Morgan fingerprint density at radius 1 is 0.645 bits per heavy atom. The van der Waals surface area contributed by atoms with Crippen LogP contribution < -0.4 is 0 Å². The van der Waals surface area contributed by atoms with E-state index in [0.717, 1.165) is 5.52 Å². The van der Waals surface area contributed by atoms with Gasteiger partial charge in [0.15, 0.2) is 0 Å². The summed E-state index contributed by atoms with van der Waals surface area (Å²) < 4.78 is 0. The van der Waals surface area contributed by atoms with Gasteiger partial charge in [0.2, 0.25) is 0 Å². The third kappa shape index (κ3) is 1.77. The van der Waals surface area contributed by atoms with E-state index in [4.69, 9.17) is 4.98 Å². The highest BCUT2D eigenvalue weighted by Crippen LogP contribution is 2.81. The second-order valence-electron chi connectivity index (χ2n) is 10.7. The number of benzene rings is 3. The molecule has 3 aromatic carbocycles. The first-order chi connectivity index (χ1) is 15.3. The van der Waals surface area contributed by atoms with Gasteiger partial charge in [-0.15, -0.1) is 0 Å². The molecule has 4 aliphatic rings. The first-order valence-corrected chi connectivity index (χ1v) is 11.8. The lowest BCUT2D eigenvalue weighted by Crippen LogP contribution is -2.47. The second kappa shape index (κ2) is 5.27. The molecule has 0 saturated heterocycles. The lowest BCUT2D eigenvalue weighted by molar-refractivity contribution is 0.231. The maximum Gasteiger partial charge on any atom is 0.0756 e. The molecular formula is C30H25N. The van der Waals surface area contributed by atoms with Crippen molar-refractivity contribution >= 4 is 10.9 Å². The van der Waals surface area contributed by atoms with Crippen molar-refractivity contribution in [3.8, 4) is 22.4 Å². The number of fused-ring (bicyclic) bond motifs is 4. The fourth-order valence-corrected chi connectivity index (χ4v) is 8.60. The number of pyridine rings is 1. The minimum atomic E-state index is 0.247. The van der Waals surface area contributed by atoms with E-state index in [2.05, 4.69) is 78.9 Å². The largest absolute Gasteiger partial charge is 0.247 e. The first-order valence-electron chi connectivity index (χ1n) is 11.8. The van der Waals surface area contributed by atoms with Crippen molar-refractivity contribution in [3.63, 3.8) is 0 Å². The predicted molar refractivity (Wildman–Crippen MR) is 126 cm³/mol. The molecule has 3 fully saturated rings. The summed E-state index contributed by atoms with van der Waals surface area (Å²) in [6, 6.07) is 29.2. The van der Waals surface area contributed by atoms with Gasteiger partial charge in [0, 0.05) is 21.8 Å². The SMILES string of the molecule is c1ccc(-c2c3c(nc4ccccc24)-c2ccccc2C24CCC5(CCC32C5)C4)cc1. The Morgan fingerprint density at radius 3 is 2.26 bits per heavy atom. The Balaban J connectivity index is 1.60. The van der Waals surface area contributed by atoms with Gasteiger partial charge in [0.05, 0.1) is 11.2 Å². The quantitative estimate of drug-likeness (QED) is 0.324. The van der Waals surface area contributed by atoms with Crippen molar-refractivity contribution in [3.05, 3.63) is 90.0 Å². The van der Waals surface area contributed by atoms with Crippen LogP contribution in [-0.4, -0.2) is 4.98 Å². The van der Waals surface area contributed by atoms with E-state index in [9.17, 15) is 0 Å². The third-order valence-electron chi connectivity index (χ3n) is 9.57. The highest BCUT2D eigenvalue weighted by molar-refractivity contribution is 6.01. The molecule has 0 aliphatic heterocycles. The molecule has 1 heteroatoms. The molecule has 4 aromatic rings. The van der Waals surface area contributed by atoms with E-state index in [1.165, 1.54) is 66.3 Å². The van der Waals surface area contributed by atoms with Gasteiger partial charge in [0.1, 0.15) is 0 Å². The Kier molecular flexibility index (Phi) is 2.84. The average molecular weight is 400 g/mol. The second-order valence-corrected chi connectivity index (χ2v) is 10.7. The lowest BCUT2D eigenvalue weighted by atomic mass is 9.51. The predicted octanol–water partition coefficient (Wildman–Crippen LogP) is 7.43. The summed E-state index contributed by atoms with van der Waals surface area (Å²) in [6.45, 7) is 0. The molecule has 0 radical (unpaired) electrons. The van der Waals surface area contributed by atoms with Crippen molar-refractivity contribution in [1.82, 2.24) is 4.98 Å². The summed E-state index contributed by atoms with van der Waals surface area (Å²) in [5.41, 5.74) is 10.9. The molecule has 3 spiro atoms. The van der Waals surface area contributed by atoms with Crippen LogP contribution in [-0.2, 0) is 10.8 Å². The molecule has 150 valence electrons. The molecule has 3 bridgehead atoms. The first kappa shape index (κ1) is 16.7. The van der Waals surface area contributed by atoms with E-state index in [1.54, 1.807) is 11.1 Å². The van der Waals surface area contributed by atoms with E-state index in [1.807, 2.05) is 0 Å². The Morgan fingerprint density at radius 2 is 1.35 bits per heavy atom. The van der Waals surface area contributed by atoms with Crippen LogP contribution in [0.5, 0.6) is 0 Å². The summed E-state index contributed by atoms with van der Waals surface area (Å²) >= 11 is 0. The van der Waals surface area contributed by atoms with Crippen molar-refractivity contribution in [1.29, 1.82) is 0 Å². The molecule has 31 heavy (non-hydrogen) atoms. The number of hydrogen-bond donors (Lipinski definition) is 0. The highest BCUT2D eigenvalue weighted by atomic mass is 14.8. The number of rotatable bonds is 1. The molecule has 1 heterocycles. The smallest absolute Gasteiger partial charge is 0.0756 e. The van der Waals surface area contributed by atoms with Crippen LogP contribution in [0.2, 0.25) is 0 Å². The zero-order valence-corrected chi connectivity index (χ0v) is 17.7. The fraction of sp³-hybridized carbons (Fsp3) is 0.300. The Labute approximate surface area is 183 Å². The third-order valence-corrected chi connectivity index (χ3v) is 9.57. The van der Waals surface area contributed by atoms with E-state index < -0.39 is 0 Å². The van der Waals surface area contributed by atoms with E-state index in [0.29, 0.717) is 10.8 Å². The van der Waals surface area contributed by atoms with Crippen LogP contribution >= 0.6 is 0 Å². The van der Waals surface area contributed by atoms with Crippen LogP contribution in [0.1, 0.15) is 49.7 Å². The molecule has 4 aliphatic carbocycles. The maximum atomic E-state index is 5.39. The Bertz CT molecular complexity index is 1400. The summed E-state index contributed by atoms with van der Waals surface area (Å²) in [5, 5.41) is 1.32. The van der Waals surface area contributed by atoms with Gasteiger partial charge < -0.3 is 0 Å². The Hall–Kier alpha value is -2.93. The van der Waals surface area contributed by atoms with E-state index >= 15 is 0 Å². The molecule has 3 saturated carbocycles. The van der Waals surface area contributed by atoms with Gasteiger partial charge in [-0.25, -0.2) is 4.98 Å². The van der Waals surface area contributed by atoms with E-state index in [-0.39, 0.29) is 5.41 Å². The van der Waals surface area contributed by atoms with Crippen LogP contribution in [0.3, 0.4) is 0 Å². The van der Waals surface area contributed by atoms with Crippen molar-refractivity contribution in [2.75, 3.05) is 0 Å². The van der Waals surface area contributed by atoms with Gasteiger partial charge >= 0.3 is 0 Å². The summed E-state index contributed by atoms with van der Waals surface area (Å²) in [6.07, 6.45) is 8.24. The molecule has 3 atom stereocenters. The van der Waals surface area contributed by atoms with Gasteiger partial charge in [-0.05, 0) is 72.3 Å². The van der Waals surface area contributed by atoms with Crippen molar-refractivity contribution < 1.29 is 0 Å². The van der Waals surface area contributed by atoms with Crippen LogP contribution in [0.4, 0.5) is 0 Å². The standard InChI is InChI=1S/C30H25N/c1-2-8-20(9-3-1)25-22-11-5-7-13-24(22)31-27-21-10-4-6-12-23(21)29-16-14-28(18-29)15-17-30(29,19-28)26(25)27/h1-13H,14-19H2. The highest BCUT2D eigenvalue weighted by Gasteiger charge is 2.74. The monoisotopic (exact) mass is 399 g/mol. The van der Waals surface area contributed by atoms with Crippen molar-refractivity contribution in [2.45, 2.75) is 49.4 Å². The fourth-order valence-electron chi connectivity index (χ4n) is 8.60. The van der Waals surface area contributed by atoms with Crippen molar-refractivity contribution in [2.24, 2.45) is 5.41 Å². The molecule has 3 unspecified atom stereocenters. The van der Waals surface area contributed by atoms with Gasteiger partial charge in [-0.1, -0.05) is 72.8 Å². The van der Waals surface area contributed by atoms with Gasteiger partial charge in [-0.2, -0.15) is 0 Å². The van der Waals surface area contributed by atoms with Crippen LogP contribution in [0, 0.1) is 5.41 Å². The maximum absolute atomic E-state index is 5.39. The molecule has 0 amide bonds. The number of nitrogens with zero attached hydrogens (tertiary/aromatic N) is 1. The van der Waals surface area contributed by atoms with Gasteiger partial charge in [0.25, 0.3) is 0 Å².